The molecule has 0 aliphatic carbocycles. The van der Waals surface area contributed by atoms with Crippen LogP contribution in [0.25, 0.3) is 0 Å². The minimum Gasteiger partial charge on any atom is -0.464 e. The SMILES string of the molecule is COC(=O)c1cc(N)nc(N2CCOC(C(F)(F)F)C2)n1. The fraction of sp³-hybridized carbons (Fsp3) is 0.545. The summed E-state index contributed by atoms with van der Waals surface area (Å²) >= 11 is 0. The fourth-order valence-corrected chi connectivity index (χ4v) is 1.83. The first-order chi connectivity index (χ1) is 9.81. The molecule has 0 amide bonds. The molecule has 0 radical (unpaired) electrons. The molecule has 0 saturated carbocycles. The predicted molar refractivity (Wildman–Crippen MR) is 65.8 cm³/mol. The second-order valence-electron chi connectivity index (χ2n) is 4.32. The number of hydrogen-bond donors (Lipinski definition) is 1. The number of carbonyl (C=O) groups excluding carboxylic acids is 1. The minimum absolute atomic E-state index is 0.0320. The zero-order valence-corrected chi connectivity index (χ0v) is 11.1. The number of nitrogen functional groups attached to an aromatic ring is 1. The van der Waals surface area contributed by atoms with E-state index in [1.54, 1.807) is 0 Å². The molecule has 2 heterocycles. The molecule has 21 heavy (non-hydrogen) atoms. The molecule has 1 atom stereocenters. The van der Waals surface area contributed by atoms with Crippen LogP contribution in [0.2, 0.25) is 0 Å². The standard InChI is InChI=1S/C11H13F3N4O3/c1-20-9(19)6-4-8(15)17-10(16-6)18-2-3-21-7(5-18)11(12,13)14/h4,7H,2-3,5H2,1H3,(H2,15,16,17). The maximum Gasteiger partial charge on any atom is 0.416 e. The number of anilines is 2. The number of rotatable bonds is 2. The molecule has 0 aromatic carbocycles. The second-order valence-corrected chi connectivity index (χ2v) is 4.32. The quantitative estimate of drug-likeness (QED) is 0.801. The Morgan fingerprint density at radius 3 is 2.86 bits per heavy atom. The first-order valence-corrected chi connectivity index (χ1v) is 5.97. The van der Waals surface area contributed by atoms with E-state index in [0.29, 0.717) is 0 Å². The Morgan fingerprint density at radius 2 is 2.24 bits per heavy atom. The Bertz CT molecular complexity index is 538. The van der Waals surface area contributed by atoms with Crippen molar-refractivity contribution >= 4 is 17.7 Å². The van der Waals surface area contributed by atoms with Gasteiger partial charge in [0.25, 0.3) is 0 Å². The highest BCUT2D eigenvalue weighted by molar-refractivity contribution is 5.88. The predicted octanol–water partition coefficient (Wildman–Crippen LogP) is 0.613. The lowest BCUT2D eigenvalue weighted by atomic mass is 10.2. The van der Waals surface area contributed by atoms with Crippen LogP contribution in [0.5, 0.6) is 0 Å². The zero-order valence-electron chi connectivity index (χ0n) is 11.1. The number of nitrogens with two attached hydrogens (primary N) is 1. The molecule has 0 bridgehead atoms. The highest BCUT2D eigenvalue weighted by Gasteiger charge is 2.43. The van der Waals surface area contributed by atoms with Crippen LogP contribution in [0.4, 0.5) is 24.9 Å². The van der Waals surface area contributed by atoms with Gasteiger partial charge >= 0.3 is 12.1 Å². The Morgan fingerprint density at radius 1 is 1.52 bits per heavy atom. The van der Waals surface area contributed by atoms with E-state index in [0.717, 1.165) is 7.11 Å². The van der Waals surface area contributed by atoms with E-state index in [4.69, 9.17) is 5.73 Å². The molecule has 2 rings (SSSR count). The zero-order chi connectivity index (χ0) is 15.6. The van der Waals surface area contributed by atoms with E-state index in [9.17, 15) is 18.0 Å². The summed E-state index contributed by atoms with van der Waals surface area (Å²) in [6.45, 7) is -0.430. The minimum atomic E-state index is -4.48. The van der Waals surface area contributed by atoms with Gasteiger partial charge in [-0.3, -0.25) is 0 Å². The second kappa shape index (κ2) is 5.72. The van der Waals surface area contributed by atoms with Crippen molar-refractivity contribution in [2.45, 2.75) is 12.3 Å². The molecule has 116 valence electrons. The van der Waals surface area contributed by atoms with Crippen molar-refractivity contribution in [2.75, 3.05) is 37.4 Å². The summed E-state index contributed by atoms with van der Waals surface area (Å²) in [6.07, 6.45) is -6.41. The maximum absolute atomic E-state index is 12.7. The van der Waals surface area contributed by atoms with Gasteiger partial charge in [0, 0.05) is 12.6 Å². The summed E-state index contributed by atoms with van der Waals surface area (Å²) in [5, 5.41) is 0. The van der Waals surface area contributed by atoms with Crippen molar-refractivity contribution in [1.82, 2.24) is 9.97 Å². The monoisotopic (exact) mass is 306 g/mol. The molecule has 10 heteroatoms. The molecule has 2 N–H and O–H groups in total. The van der Waals surface area contributed by atoms with E-state index in [2.05, 4.69) is 19.4 Å². The number of methoxy groups -OCH3 is 1. The summed E-state index contributed by atoms with van der Waals surface area (Å²) in [5.41, 5.74) is 5.42. The van der Waals surface area contributed by atoms with Crippen molar-refractivity contribution in [1.29, 1.82) is 0 Å². The fourth-order valence-electron chi connectivity index (χ4n) is 1.83. The van der Waals surface area contributed by atoms with Gasteiger partial charge < -0.3 is 20.1 Å². The van der Waals surface area contributed by atoms with Gasteiger partial charge in [-0.2, -0.15) is 18.2 Å². The summed E-state index contributed by atoms with van der Waals surface area (Å²) < 4.78 is 47.2. The number of nitrogens with zero attached hydrogens (tertiary/aromatic N) is 3. The van der Waals surface area contributed by atoms with Crippen molar-refractivity contribution in [2.24, 2.45) is 0 Å². The average molecular weight is 306 g/mol. The third-order valence-corrected chi connectivity index (χ3v) is 2.84. The number of halogens is 3. The third kappa shape index (κ3) is 3.51. The number of morpholine rings is 1. The lowest BCUT2D eigenvalue weighted by Crippen LogP contribution is -2.49. The van der Waals surface area contributed by atoms with Gasteiger partial charge in [0.2, 0.25) is 5.95 Å². The first-order valence-electron chi connectivity index (χ1n) is 5.97. The number of esters is 1. The van der Waals surface area contributed by atoms with Gasteiger partial charge in [-0.05, 0) is 0 Å². The Hall–Kier alpha value is -2.10. The van der Waals surface area contributed by atoms with Gasteiger partial charge in [0.1, 0.15) is 5.82 Å². The van der Waals surface area contributed by atoms with Gasteiger partial charge in [-0.25, -0.2) is 9.78 Å². The molecule has 7 nitrogen and oxygen atoms in total. The van der Waals surface area contributed by atoms with Crippen LogP contribution in [-0.4, -0.2) is 55.0 Å². The van der Waals surface area contributed by atoms with Crippen LogP contribution in [0.1, 0.15) is 10.5 Å². The Labute approximate surface area is 117 Å². The van der Waals surface area contributed by atoms with Crippen molar-refractivity contribution in [3.05, 3.63) is 11.8 Å². The highest BCUT2D eigenvalue weighted by Crippen LogP contribution is 2.27. The first kappa shape index (κ1) is 15.3. The summed E-state index contributed by atoms with van der Waals surface area (Å²) in [5.74, 6) is -0.839. The Balaban J connectivity index is 2.25. The molecule has 1 aromatic heterocycles. The molecule has 1 unspecified atom stereocenters. The van der Waals surface area contributed by atoms with E-state index in [1.807, 2.05) is 0 Å². The number of aromatic nitrogens is 2. The largest absolute Gasteiger partial charge is 0.464 e. The number of hydrogen-bond acceptors (Lipinski definition) is 7. The van der Waals surface area contributed by atoms with E-state index < -0.39 is 24.8 Å². The van der Waals surface area contributed by atoms with Crippen LogP contribution < -0.4 is 10.6 Å². The summed E-state index contributed by atoms with van der Waals surface area (Å²) in [7, 11) is 1.16. The van der Waals surface area contributed by atoms with Crippen molar-refractivity contribution < 1.29 is 27.4 Å². The van der Waals surface area contributed by atoms with E-state index in [-0.39, 0.29) is 30.6 Å². The maximum atomic E-state index is 12.7. The van der Waals surface area contributed by atoms with E-state index in [1.165, 1.54) is 11.0 Å². The van der Waals surface area contributed by atoms with Crippen LogP contribution in [0, 0.1) is 0 Å². The van der Waals surface area contributed by atoms with Gasteiger partial charge in [0.05, 0.1) is 20.3 Å². The average Bonchev–Trinajstić information content (AvgIpc) is 2.45. The number of ether oxygens (including phenoxy) is 2. The summed E-state index contributed by atoms with van der Waals surface area (Å²) in [4.78, 5) is 20.4. The number of carbonyl (C=O) groups is 1. The third-order valence-electron chi connectivity index (χ3n) is 2.84. The number of alkyl halides is 3. The smallest absolute Gasteiger partial charge is 0.416 e. The molecule has 1 aromatic rings. The lowest BCUT2D eigenvalue weighted by Gasteiger charge is -2.33. The highest BCUT2D eigenvalue weighted by atomic mass is 19.4. The molecule has 1 aliphatic rings. The van der Waals surface area contributed by atoms with Crippen LogP contribution in [0.15, 0.2) is 6.07 Å². The van der Waals surface area contributed by atoms with Crippen LogP contribution in [0.3, 0.4) is 0 Å². The molecular formula is C11H13F3N4O3. The van der Waals surface area contributed by atoms with Crippen LogP contribution in [-0.2, 0) is 9.47 Å². The van der Waals surface area contributed by atoms with Crippen molar-refractivity contribution in [3.63, 3.8) is 0 Å². The van der Waals surface area contributed by atoms with Gasteiger partial charge in [-0.1, -0.05) is 0 Å². The van der Waals surface area contributed by atoms with Crippen LogP contribution >= 0.6 is 0 Å². The molecule has 1 aliphatic heterocycles. The molecule has 1 fully saturated rings. The topological polar surface area (TPSA) is 90.6 Å². The van der Waals surface area contributed by atoms with Gasteiger partial charge in [0.15, 0.2) is 11.8 Å². The summed E-state index contributed by atoms with van der Waals surface area (Å²) in [6, 6.07) is 1.19. The van der Waals surface area contributed by atoms with Crippen molar-refractivity contribution in [3.8, 4) is 0 Å². The lowest BCUT2D eigenvalue weighted by molar-refractivity contribution is -0.221. The normalized spacial score (nSPS) is 19.4. The molecular weight excluding hydrogens is 293 g/mol. The van der Waals surface area contributed by atoms with Gasteiger partial charge in [-0.15, -0.1) is 0 Å². The molecule has 1 saturated heterocycles. The molecule has 0 spiro atoms. The van der Waals surface area contributed by atoms with E-state index >= 15 is 0 Å². The Kier molecular flexibility index (Phi) is 4.16.